The molecule has 4 rings (SSSR count). The molecule has 1 fully saturated rings. The summed E-state index contributed by atoms with van der Waals surface area (Å²) in [7, 11) is 4.07. The quantitative estimate of drug-likeness (QED) is 0.642. The maximum absolute atomic E-state index is 5.81. The van der Waals surface area contributed by atoms with Crippen molar-refractivity contribution in [2.45, 2.75) is 13.5 Å². The topological polar surface area (TPSA) is 44.7 Å². The highest BCUT2D eigenvalue weighted by molar-refractivity contribution is 5.89. The number of benzene rings is 2. The number of nitrogens with zero attached hydrogens (tertiary/aromatic N) is 5. The lowest BCUT2D eigenvalue weighted by Crippen LogP contribution is -2.46. The summed E-state index contributed by atoms with van der Waals surface area (Å²) in [6.07, 6.45) is 0. The minimum atomic E-state index is 0.685. The second kappa shape index (κ2) is 8.66. The molecule has 0 saturated carbocycles. The van der Waals surface area contributed by atoms with Crippen molar-refractivity contribution in [3.05, 3.63) is 54.4 Å². The van der Waals surface area contributed by atoms with Crippen LogP contribution in [0.5, 0.6) is 5.75 Å². The van der Waals surface area contributed by atoms with E-state index >= 15 is 0 Å². The fourth-order valence-electron chi connectivity index (χ4n) is 3.86. The summed E-state index contributed by atoms with van der Waals surface area (Å²) in [5, 5.41) is 1.10. The summed E-state index contributed by atoms with van der Waals surface area (Å²) in [5.41, 5.74) is 2.19. The highest BCUT2D eigenvalue weighted by Crippen LogP contribution is 2.29. The molecule has 0 radical (unpaired) electrons. The van der Waals surface area contributed by atoms with Gasteiger partial charge in [-0.3, -0.25) is 4.90 Å². The van der Waals surface area contributed by atoms with Crippen molar-refractivity contribution in [3.8, 4) is 5.75 Å². The second-order valence-electron chi connectivity index (χ2n) is 7.54. The van der Waals surface area contributed by atoms with Crippen molar-refractivity contribution >= 4 is 22.4 Å². The lowest BCUT2D eigenvalue weighted by Gasteiger charge is -2.36. The first-order chi connectivity index (χ1) is 14.2. The number of fused-ring (bicyclic) bond motifs is 1. The lowest BCUT2D eigenvalue weighted by atomic mass is 10.2. The Morgan fingerprint density at radius 3 is 2.41 bits per heavy atom. The number of hydrogen-bond donors (Lipinski definition) is 0. The van der Waals surface area contributed by atoms with Gasteiger partial charge in [-0.15, -0.1) is 0 Å². The monoisotopic (exact) mass is 391 g/mol. The Hall–Kier alpha value is -2.86. The zero-order valence-corrected chi connectivity index (χ0v) is 17.5. The van der Waals surface area contributed by atoms with Crippen LogP contribution in [0.2, 0.25) is 0 Å². The Morgan fingerprint density at radius 1 is 0.931 bits per heavy atom. The van der Waals surface area contributed by atoms with Crippen molar-refractivity contribution in [1.29, 1.82) is 0 Å². The Labute approximate surface area is 172 Å². The van der Waals surface area contributed by atoms with Crippen LogP contribution in [0.25, 0.3) is 10.9 Å². The molecule has 0 aliphatic carbocycles. The first-order valence-electron chi connectivity index (χ1n) is 10.3. The largest absolute Gasteiger partial charge is 0.492 e. The molecule has 2 heterocycles. The average Bonchev–Trinajstić information content (AvgIpc) is 2.74. The molecule has 3 aromatic rings. The Morgan fingerprint density at radius 2 is 1.66 bits per heavy atom. The zero-order valence-electron chi connectivity index (χ0n) is 17.5. The van der Waals surface area contributed by atoms with Crippen LogP contribution in [-0.4, -0.2) is 61.7 Å². The van der Waals surface area contributed by atoms with Gasteiger partial charge in [0.2, 0.25) is 0 Å². The molecular formula is C23H29N5O. The van der Waals surface area contributed by atoms with Gasteiger partial charge in [0.15, 0.2) is 0 Å². The lowest BCUT2D eigenvalue weighted by molar-refractivity contribution is 0.243. The second-order valence-corrected chi connectivity index (χ2v) is 7.54. The molecule has 0 spiro atoms. The maximum atomic E-state index is 5.81. The third kappa shape index (κ3) is 4.27. The van der Waals surface area contributed by atoms with Gasteiger partial charge in [0.05, 0.1) is 24.4 Å². The van der Waals surface area contributed by atoms with E-state index in [1.54, 1.807) is 0 Å². The van der Waals surface area contributed by atoms with Crippen LogP contribution >= 0.6 is 0 Å². The van der Waals surface area contributed by atoms with E-state index in [0.29, 0.717) is 6.61 Å². The van der Waals surface area contributed by atoms with E-state index in [1.807, 2.05) is 39.2 Å². The summed E-state index contributed by atoms with van der Waals surface area (Å²) in [6, 6.07) is 16.5. The van der Waals surface area contributed by atoms with Gasteiger partial charge >= 0.3 is 0 Å². The highest BCUT2D eigenvalue weighted by Gasteiger charge is 2.21. The number of rotatable bonds is 6. The predicted octanol–water partition coefficient (Wildman–Crippen LogP) is 3.42. The molecule has 0 amide bonds. The van der Waals surface area contributed by atoms with Gasteiger partial charge in [0.1, 0.15) is 17.4 Å². The number of piperazine rings is 1. The molecule has 0 unspecified atom stereocenters. The molecule has 0 bridgehead atoms. The molecule has 1 aromatic heterocycles. The van der Waals surface area contributed by atoms with E-state index < -0.39 is 0 Å². The third-order valence-electron chi connectivity index (χ3n) is 5.30. The van der Waals surface area contributed by atoms with E-state index in [4.69, 9.17) is 14.7 Å². The summed E-state index contributed by atoms with van der Waals surface area (Å²) in [5.74, 6) is 2.84. The van der Waals surface area contributed by atoms with Crippen LogP contribution in [0.1, 0.15) is 12.7 Å². The van der Waals surface area contributed by atoms with Crippen LogP contribution in [0.15, 0.2) is 48.5 Å². The molecule has 0 N–H and O–H groups in total. The summed E-state index contributed by atoms with van der Waals surface area (Å²) in [4.78, 5) is 16.6. The molecular weight excluding hydrogens is 362 g/mol. The maximum Gasteiger partial charge on any atom is 0.145 e. The van der Waals surface area contributed by atoms with Crippen LogP contribution in [0, 0.1) is 0 Å². The Bertz CT molecular complexity index is 966. The van der Waals surface area contributed by atoms with E-state index in [0.717, 1.165) is 61.0 Å². The smallest absolute Gasteiger partial charge is 0.145 e. The molecule has 0 atom stereocenters. The van der Waals surface area contributed by atoms with Crippen molar-refractivity contribution in [2.24, 2.45) is 0 Å². The van der Waals surface area contributed by atoms with Crippen molar-refractivity contribution in [1.82, 2.24) is 14.9 Å². The standard InChI is InChI=1S/C23H29N5O/c1-4-29-21-12-8-7-11-20(21)28-15-13-27(14-16-28)17-22-24-19-10-6-5-9-18(19)23(25-22)26(2)3/h5-12H,4,13-17H2,1-3H3. The number of ether oxygens (including phenoxy) is 1. The van der Waals surface area contributed by atoms with Gasteiger partial charge in [-0.25, -0.2) is 9.97 Å². The summed E-state index contributed by atoms with van der Waals surface area (Å²) in [6.45, 7) is 7.38. The molecule has 1 aliphatic rings. The minimum Gasteiger partial charge on any atom is -0.492 e. The number of anilines is 2. The summed E-state index contributed by atoms with van der Waals surface area (Å²) >= 11 is 0. The fraction of sp³-hybridized carbons (Fsp3) is 0.391. The van der Waals surface area contributed by atoms with E-state index in [2.05, 4.69) is 45.0 Å². The molecule has 1 aliphatic heterocycles. The van der Waals surface area contributed by atoms with Gasteiger partial charge in [-0.1, -0.05) is 24.3 Å². The molecule has 6 heteroatoms. The fourth-order valence-corrected chi connectivity index (χ4v) is 3.86. The molecule has 2 aromatic carbocycles. The van der Waals surface area contributed by atoms with Crippen molar-refractivity contribution in [3.63, 3.8) is 0 Å². The summed E-state index contributed by atoms with van der Waals surface area (Å²) < 4.78 is 5.81. The van der Waals surface area contributed by atoms with Gasteiger partial charge in [-0.2, -0.15) is 0 Å². The van der Waals surface area contributed by atoms with Crippen LogP contribution in [0.4, 0.5) is 11.5 Å². The molecule has 29 heavy (non-hydrogen) atoms. The SMILES string of the molecule is CCOc1ccccc1N1CCN(Cc2nc(N(C)C)c3ccccc3n2)CC1. The van der Waals surface area contributed by atoms with Crippen molar-refractivity contribution < 1.29 is 4.74 Å². The first-order valence-corrected chi connectivity index (χ1v) is 10.3. The van der Waals surface area contributed by atoms with Crippen LogP contribution in [0.3, 0.4) is 0 Å². The van der Waals surface area contributed by atoms with Crippen LogP contribution in [-0.2, 0) is 6.54 Å². The normalized spacial score (nSPS) is 14.9. The molecule has 1 saturated heterocycles. The Kier molecular flexibility index (Phi) is 5.81. The minimum absolute atomic E-state index is 0.685. The van der Waals surface area contributed by atoms with E-state index in [-0.39, 0.29) is 0 Å². The average molecular weight is 392 g/mol. The van der Waals surface area contributed by atoms with Gasteiger partial charge < -0.3 is 14.5 Å². The van der Waals surface area contributed by atoms with Crippen molar-refractivity contribution in [2.75, 3.05) is 56.7 Å². The van der Waals surface area contributed by atoms with E-state index in [9.17, 15) is 0 Å². The van der Waals surface area contributed by atoms with Gasteiger partial charge in [0, 0.05) is 45.7 Å². The molecule has 152 valence electrons. The van der Waals surface area contributed by atoms with E-state index in [1.165, 1.54) is 5.69 Å². The van der Waals surface area contributed by atoms with Gasteiger partial charge in [-0.05, 0) is 31.2 Å². The first kappa shape index (κ1) is 19.5. The number of para-hydroxylation sites is 3. The van der Waals surface area contributed by atoms with Crippen LogP contribution < -0.4 is 14.5 Å². The third-order valence-corrected chi connectivity index (χ3v) is 5.30. The number of hydrogen-bond acceptors (Lipinski definition) is 6. The Balaban J connectivity index is 1.46. The van der Waals surface area contributed by atoms with Gasteiger partial charge in [0.25, 0.3) is 0 Å². The highest BCUT2D eigenvalue weighted by atomic mass is 16.5. The predicted molar refractivity (Wildman–Crippen MR) is 119 cm³/mol. The zero-order chi connectivity index (χ0) is 20.2. The number of aromatic nitrogens is 2. The molecule has 6 nitrogen and oxygen atoms in total.